The number of aryl methyl sites for hydroxylation is 1. The van der Waals surface area contributed by atoms with Crippen LogP contribution in [-0.2, 0) is 12.8 Å². The Morgan fingerprint density at radius 2 is 2.00 bits per heavy atom. The summed E-state index contributed by atoms with van der Waals surface area (Å²) in [5.74, 6) is -0.263. The van der Waals surface area contributed by atoms with Gasteiger partial charge in [0.2, 0.25) is 0 Å². The molecule has 0 radical (unpaired) electrons. The van der Waals surface area contributed by atoms with E-state index in [-0.39, 0.29) is 11.3 Å². The maximum atomic E-state index is 10.2. The highest BCUT2D eigenvalue weighted by Crippen LogP contribution is 2.28. The first-order valence-electron chi connectivity index (χ1n) is 7.21. The van der Waals surface area contributed by atoms with E-state index in [1.165, 1.54) is 30.1 Å². The molecule has 1 aliphatic rings. The second-order valence-corrected chi connectivity index (χ2v) is 5.48. The van der Waals surface area contributed by atoms with Crippen molar-refractivity contribution in [3.8, 4) is 5.75 Å². The Balaban J connectivity index is 0.000000174. The van der Waals surface area contributed by atoms with Crippen molar-refractivity contribution in [1.29, 1.82) is 0 Å². The van der Waals surface area contributed by atoms with Gasteiger partial charge in [-0.2, -0.15) is 0 Å². The lowest BCUT2D eigenvalue weighted by Crippen LogP contribution is -2.12. The number of anilines is 2. The van der Waals surface area contributed by atoms with Crippen molar-refractivity contribution in [2.75, 3.05) is 24.7 Å². The first-order chi connectivity index (χ1) is 10.9. The molecule has 0 unspecified atom stereocenters. The third kappa shape index (κ3) is 4.09. The van der Waals surface area contributed by atoms with Gasteiger partial charge in [0, 0.05) is 37.7 Å². The fourth-order valence-electron chi connectivity index (χ4n) is 2.33. The zero-order valence-corrected chi connectivity index (χ0v) is 13.2. The van der Waals surface area contributed by atoms with Crippen molar-refractivity contribution < 1.29 is 15.0 Å². The van der Waals surface area contributed by atoms with Crippen LogP contribution in [0.3, 0.4) is 0 Å². The number of carbonyl (C=O) groups is 1. The number of fused-ring (bicyclic) bond motifs is 1. The van der Waals surface area contributed by atoms with Crippen molar-refractivity contribution in [2.24, 2.45) is 0 Å². The minimum absolute atomic E-state index is 0.0139. The fourth-order valence-corrected chi connectivity index (χ4v) is 2.33. The Kier molecular flexibility index (Phi) is 5.00. The lowest BCUT2D eigenvalue weighted by molar-refractivity contribution is 0.0696. The number of aromatic nitrogens is 2. The summed E-state index contributed by atoms with van der Waals surface area (Å²) in [7, 11) is 3.98. The summed E-state index contributed by atoms with van der Waals surface area (Å²) >= 11 is 0. The van der Waals surface area contributed by atoms with Crippen LogP contribution in [0.1, 0.15) is 28.0 Å². The van der Waals surface area contributed by atoms with Gasteiger partial charge in [-0.05, 0) is 30.9 Å². The van der Waals surface area contributed by atoms with E-state index in [2.05, 4.69) is 9.97 Å². The maximum Gasteiger partial charge on any atom is 0.337 e. The van der Waals surface area contributed by atoms with Crippen LogP contribution in [0.25, 0.3) is 0 Å². The van der Waals surface area contributed by atoms with Gasteiger partial charge >= 0.3 is 5.97 Å². The predicted octanol–water partition coefficient (Wildman–Crippen LogP) is 1.70. The summed E-state index contributed by atoms with van der Waals surface area (Å²) in [6.07, 6.45) is 5.72. The highest BCUT2D eigenvalue weighted by Gasteiger charge is 2.16. The molecule has 0 spiro atoms. The third-order valence-electron chi connectivity index (χ3n) is 3.50. The molecule has 0 saturated carbocycles. The number of pyridine rings is 2. The van der Waals surface area contributed by atoms with Crippen LogP contribution in [0.5, 0.6) is 5.75 Å². The highest BCUT2D eigenvalue weighted by atomic mass is 16.4. The van der Waals surface area contributed by atoms with Crippen molar-refractivity contribution in [3.05, 3.63) is 41.3 Å². The molecule has 2 aromatic heterocycles. The molecule has 7 nitrogen and oxygen atoms in total. The number of carboxylic acids is 1. The largest absolute Gasteiger partial charge is 0.506 e. The monoisotopic (exact) mass is 316 g/mol. The normalized spacial score (nSPS) is 12.1. The number of carboxylic acid groups (broad SMARTS) is 1. The van der Waals surface area contributed by atoms with Crippen LogP contribution >= 0.6 is 0 Å². The van der Waals surface area contributed by atoms with Crippen LogP contribution in [0.2, 0.25) is 0 Å². The lowest BCUT2D eigenvalue weighted by Gasteiger charge is -2.14. The van der Waals surface area contributed by atoms with E-state index in [0.29, 0.717) is 0 Å². The van der Waals surface area contributed by atoms with Crippen LogP contribution in [0, 0.1) is 0 Å². The number of rotatable bonds is 2. The fraction of sp³-hybridized carbons (Fsp3) is 0.312. The van der Waals surface area contributed by atoms with E-state index < -0.39 is 5.97 Å². The van der Waals surface area contributed by atoms with Crippen molar-refractivity contribution in [1.82, 2.24) is 9.97 Å². The third-order valence-corrected chi connectivity index (χ3v) is 3.50. The molecule has 23 heavy (non-hydrogen) atoms. The van der Waals surface area contributed by atoms with Crippen LogP contribution in [0.4, 0.5) is 11.5 Å². The summed E-state index contributed by atoms with van der Waals surface area (Å²) in [6, 6.07) is 3.10. The molecule has 0 bridgehead atoms. The van der Waals surface area contributed by atoms with Gasteiger partial charge in [-0.25, -0.2) is 9.78 Å². The van der Waals surface area contributed by atoms with Crippen LogP contribution in [0.15, 0.2) is 24.5 Å². The van der Waals surface area contributed by atoms with E-state index in [0.717, 1.165) is 30.4 Å². The Bertz CT molecular complexity index is 716. The smallest absolute Gasteiger partial charge is 0.337 e. The Labute approximate surface area is 134 Å². The molecule has 7 heteroatoms. The minimum atomic E-state index is -1.09. The maximum absolute atomic E-state index is 10.2. The Hall–Kier alpha value is -2.83. The average Bonchev–Trinajstić information content (AvgIpc) is 2.97. The summed E-state index contributed by atoms with van der Waals surface area (Å²) in [5, 5.41) is 17.1. The van der Waals surface area contributed by atoms with Gasteiger partial charge in [-0.1, -0.05) is 0 Å². The Morgan fingerprint density at radius 1 is 1.26 bits per heavy atom. The van der Waals surface area contributed by atoms with Gasteiger partial charge in [-0.3, -0.25) is 4.98 Å². The number of aromatic hydroxyl groups is 1. The quantitative estimate of drug-likeness (QED) is 0.773. The second-order valence-electron chi connectivity index (χ2n) is 5.48. The number of hydrogen-bond acceptors (Lipinski definition) is 6. The van der Waals surface area contributed by atoms with E-state index in [4.69, 9.17) is 15.9 Å². The molecular weight excluding hydrogens is 296 g/mol. The van der Waals surface area contributed by atoms with Crippen LogP contribution in [-0.4, -0.2) is 40.2 Å². The van der Waals surface area contributed by atoms with Gasteiger partial charge < -0.3 is 20.8 Å². The average molecular weight is 316 g/mol. The highest BCUT2D eigenvalue weighted by molar-refractivity contribution is 5.87. The van der Waals surface area contributed by atoms with Gasteiger partial charge in [0.15, 0.2) is 0 Å². The van der Waals surface area contributed by atoms with Crippen molar-refractivity contribution >= 4 is 17.5 Å². The number of hydrogen-bond donors (Lipinski definition) is 3. The van der Waals surface area contributed by atoms with Gasteiger partial charge in [0.05, 0.1) is 11.8 Å². The molecule has 0 fully saturated rings. The first-order valence-corrected chi connectivity index (χ1v) is 7.21. The SMILES string of the molecule is CN(C)c1cc(N)c2c(n1)CCC2.O=C(O)c1cncc(O)c1. The summed E-state index contributed by atoms with van der Waals surface area (Å²) in [4.78, 5) is 20.2. The number of nitrogen functional groups attached to an aromatic ring is 1. The molecule has 122 valence electrons. The molecule has 0 atom stereocenters. The number of nitrogens with two attached hydrogens (primary N) is 1. The second kappa shape index (κ2) is 6.95. The van der Waals surface area contributed by atoms with Crippen molar-refractivity contribution in [2.45, 2.75) is 19.3 Å². The topological polar surface area (TPSA) is 113 Å². The zero-order valence-electron chi connectivity index (χ0n) is 13.2. The van der Waals surface area contributed by atoms with Gasteiger partial charge in [0.25, 0.3) is 0 Å². The molecule has 3 rings (SSSR count). The standard InChI is InChI=1S/C10H15N3.C6H5NO3/c1-13(2)10-6-8(11)7-4-3-5-9(7)12-10;8-5-1-4(6(9)10)2-7-3-5/h6H,3-5H2,1-2H3,(H2,11,12);1-3,8H,(H,9,10). The lowest BCUT2D eigenvalue weighted by atomic mass is 10.2. The van der Waals surface area contributed by atoms with E-state index in [1.807, 2.05) is 25.1 Å². The van der Waals surface area contributed by atoms with Gasteiger partial charge in [0.1, 0.15) is 11.6 Å². The molecule has 4 N–H and O–H groups in total. The van der Waals surface area contributed by atoms with Crippen molar-refractivity contribution in [3.63, 3.8) is 0 Å². The molecule has 1 aliphatic carbocycles. The summed E-state index contributed by atoms with van der Waals surface area (Å²) in [5.41, 5.74) is 9.31. The molecule has 0 amide bonds. The number of nitrogens with zero attached hydrogens (tertiary/aromatic N) is 3. The summed E-state index contributed by atoms with van der Waals surface area (Å²) < 4.78 is 0. The Morgan fingerprint density at radius 3 is 2.57 bits per heavy atom. The molecule has 2 heterocycles. The number of aromatic carboxylic acids is 1. The zero-order chi connectivity index (χ0) is 17.0. The molecule has 0 aromatic carbocycles. The predicted molar refractivity (Wildman–Crippen MR) is 87.9 cm³/mol. The summed E-state index contributed by atoms with van der Waals surface area (Å²) in [6.45, 7) is 0. The minimum Gasteiger partial charge on any atom is -0.506 e. The van der Waals surface area contributed by atoms with Gasteiger partial charge in [-0.15, -0.1) is 0 Å². The molecule has 0 saturated heterocycles. The van der Waals surface area contributed by atoms with E-state index >= 15 is 0 Å². The molecule has 0 aliphatic heterocycles. The van der Waals surface area contributed by atoms with E-state index in [1.54, 1.807) is 0 Å². The molecular formula is C16H20N4O3. The molecule has 2 aromatic rings. The van der Waals surface area contributed by atoms with E-state index in [9.17, 15) is 4.79 Å². The van der Waals surface area contributed by atoms with Crippen LogP contribution < -0.4 is 10.6 Å². The first kappa shape index (κ1) is 16.5.